The zero-order valence-electron chi connectivity index (χ0n) is 25.9. The minimum absolute atomic E-state index is 0.144. The van der Waals surface area contributed by atoms with Crippen molar-refractivity contribution in [3.05, 3.63) is 29.3 Å². The summed E-state index contributed by atoms with van der Waals surface area (Å²) in [5.41, 5.74) is 1.96. The first-order chi connectivity index (χ1) is 20.9. The third-order valence-corrected chi connectivity index (χ3v) is 12.0. The Balaban J connectivity index is 1.46. The number of amides is 1. The van der Waals surface area contributed by atoms with Gasteiger partial charge in [0.1, 0.15) is 11.8 Å². The van der Waals surface area contributed by atoms with E-state index in [4.69, 9.17) is 4.74 Å². The second-order valence-electron chi connectivity index (χ2n) is 13.6. The normalized spacial score (nSPS) is 29.3. The number of halogens is 5. The Hall–Kier alpha value is -2.28. The van der Waals surface area contributed by atoms with Gasteiger partial charge in [-0.15, -0.1) is 0 Å². The number of fused-ring (bicyclic) bond motifs is 5. The second kappa shape index (κ2) is 13.8. The van der Waals surface area contributed by atoms with Gasteiger partial charge in [-0.05, 0) is 110 Å². The molecule has 0 aromatic heterocycles. The maximum atomic E-state index is 13.2. The lowest BCUT2D eigenvalue weighted by Crippen LogP contribution is -2.47. The fourth-order valence-corrected chi connectivity index (χ4v) is 9.23. The molecule has 2 saturated carbocycles. The summed E-state index contributed by atoms with van der Waals surface area (Å²) in [6, 6.07) is 4.37. The predicted octanol–water partition coefficient (Wildman–Crippen LogP) is 6.83. The Morgan fingerprint density at radius 1 is 1.11 bits per heavy atom. The van der Waals surface area contributed by atoms with Gasteiger partial charge in [0.05, 0.1) is 6.10 Å². The van der Waals surface area contributed by atoms with Gasteiger partial charge in [-0.3, -0.25) is 4.21 Å². The number of hydrogen-bond acceptors (Lipinski definition) is 5. The molecule has 13 heteroatoms. The number of carbonyl (C=O) groups is 2. The average Bonchev–Trinajstić information content (AvgIpc) is 3.24. The fraction of sp³-hybridized carbons (Fsp3) is 0.750. The number of aliphatic hydroxyl groups is 1. The van der Waals surface area contributed by atoms with Crippen molar-refractivity contribution in [1.29, 1.82) is 0 Å². The van der Waals surface area contributed by atoms with Crippen LogP contribution in [0.25, 0.3) is 0 Å². The summed E-state index contributed by atoms with van der Waals surface area (Å²) in [6.07, 6.45) is -3.55. The first-order valence-electron chi connectivity index (χ1n) is 15.8. The van der Waals surface area contributed by atoms with E-state index in [0.29, 0.717) is 19.3 Å². The van der Waals surface area contributed by atoms with E-state index in [2.05, 4.69) is 12.2 Å². The monoisotopic (exact) mass is 665 g/mol. The van der Waals surface area contributed by atoms with E-state index < -0.39 is 53.8 Å². The Labute approximate surface area is 263 Å². The number of carboxylic acids is 1. The quantitative estimate of drug-likeness (QED) is 0.211. The van der Waals surface area contributed by atoms with Gasteiger partial charge in [-0.2, -0.15) is 22.0 Å². The van der Waals surface area contributed by atoms with Crippen LogP contribution in [0.5, 0.6) is 5.75 Å². The standard InChI is InChI=1S/C32H44F5NO6S/c1-18(2)27(28(40)41)38-29(42)44-21-7-8-22-20(17-21)16-19(26-23(22)11-13-30(3)24(26)9-10-25(30)39)6-4-14-45(43)15-5-12-31(33,34)32(35,36)37/h7-8,17-19,23-27,39H,4-6,9-16H2,1-3H3,(H,38,42)(H,40,41)/t19-,23-,24+,25+,26-,27+,30+,45?/m1/s1. The zero-order chi connectivity index (χ0) is 33.3. The second-order valence-corrected chi connectivity index (χ2v) is 15.3. The molecular formula is C32H44F5NO6S. The van der Waals surface area contributed by atoms with E-state index >= 15 is 0 Å². The Bertz CT molecular complexity index is 1260. The predicted molar refractivity (Wildman–Crippen MR) is 159 cm³/mol. The molecular weight excluding hydrogens is 621 g/mol. The van der Waals surface area contributed by atoms with Crippen LogP contribution in [-0.4, -0.2) is 62.2 Å². The van der Waals surface area contributed by atoms with Crippen LogP contribution in [0, 0.1) is 29.1 Å². The van der Waals surface area contributed by atoms with Gasteiger partial charge in [-0.1, -0.05) is 26.8 Å². The van der Waals surface area contributed by atoms with Gasteiger partial charge in [-0.25, -0.2) is 9.59 Å². The number of aliphatic carboxylic acids is 1. The molecule has 3 N–H and O–H groups in total. The molecule has 45 heavy (non-hydrogen) atoms. The van der Waals surface area contributed by atoms with Crippen molar-refractivity contribution < 1.29 is 50.7 Å². The van der Waals surface area contributed by atoms with Gasteiger partial charge < -0.3 is 20.3 Å². The highest BCUT2D eigenvalue weighted by Crippen LogP contribution is 2.62. The molecule has 1 amide bonds. The number of nitrogens with one attached hydrogen (secondary N) is 1. The molecule has 3 aliphatic carbocycles. The summed E-state index contributed by atoms with van der Waals surface area (Å²) in [5.74, 6) is -5.16. The van der Waals surface area contributed by atoms with Crippen molar-refractivity contribution in [1.82, 2.24) is 5.32 Å². The van der Waals surface area contributed by atoms with Gasteiger partial charge in [0.2, 0.25) is 0 Å². The SMILES string of the molecule is CC(C)[C@H](NC(=O)Oc1ccc2c(c1)C[C@@H](CCCS(=O)CCCC(F)(F)C(F)(F)F)[C@@H]1[C@@H]2CC[C@]2(C)[C@@H](O)CC[C@@H]12)C(=O)O. The van der Waals surface area contributed by atoms with Crippen LogP contribution in [0.2, 0.25) is 0 Å². The summed E-state index contributed by atoms with van der Waals surface area (Å²) < 4.78 is 81.9. The van der Waals surface area contributed by atoms with Gasteiger partial charge in [0, 0.05) is 28.7 Å². The van der Waals surface area contributed by atoms with Gasteiger partial charge in [0.15, 0.2) is 0 Å². The highest BCUT2D eigenvalue weighted by molar-refractivity contribution is 7.84. The number of carboxylic acid groups (broad SMARTS) is 1. The van der Waals surface area contributed by atoms with E-state index in [1.807, 2.05) is 6.07 Å². The highest BCUT2D eigenvalue weighted by atomic mass is 32.2. The summed E-state index contributed by atoms with van der Waals surface area (Å²) in [7, 11) is -1.53. The van der Waals surface area contributed by atoms with E-state index in [1.54, 1.807) is 26.0 Å². The molecule has 3 aliphatic rings. The number of alkyl halides is 5. The molecule has 8 atom stereocenters. The van der Waals surface area contributed by atoms with E-state index in [1.165, 1.54) is 0 Å². The molecule has 1 unspecified atom stereocenters. The van der Waals surface area contributed by atoms with Gasteiger partial charge >= 0.3 is 24.2 Å². The van der Waals surface area contributed by atoms with Crippen LogP contribution in [0.1, 0.15) is 89.2 Å². The molecule has 0 radical (unpaired) electrons. The molecule has 1 aromatic rings. The molecule has 0 bridgehead atoms. The molecule has 2 fully saturated rings. The van der Waals surface area contributed by atoms with Crippen molar-refractivity contribution in [3.63, 3.8) is 0 Å². The van der Waals surface area contributed by atoms with Crippen LogP contribution >= 0.6 is 0 Å². The lowest BCUT2D eigenvalue weighted by Gasteiger charge is -2.53. The van der Waals surface area contributed by atoms with Crippen molar-refractivity contribution in [3.8, 4) is 5.75 Å². The minimum Gasteiger partial charge on any atom is -0.480 e. The molecule has 254 valence electrons. The fourth-order valence-electron chi connectivity index (χ4n) is 8.07. The summed E-state index contributed by atoms with van der Waals surface area (Å²) in [5, 5.41) is 22.7. The Morgan fingerprint density at radius 2 is 1.80 bits per heavy atom. The maximum absolute atomic E-state index is 13.2. The number of rotatable bonds is 12. The topological polar surface area (TPSA) is 113 Å². The van der Waals surface area contributed by atoms with Crippen LogP contribution < -0.4 is 10.1 Å². The van der Waals surface area contributed by atoms with Crippen molar-refractivity contribution >= 4 is 22.9 Å². The summed E-state index contributed by atoms with van der Waals surface area (Å²) in [4.78, 5) is 24.0. The number of ether oxygens (including phenoxy) is 1. The molecule has 0 heterocycles. The van der Waals surface area contributed by atoms with Crippen molar-refractivity contribution in [2.75, 3.05) is 11.5 Å². The van der Waals surface area contributed by atoms with Crippen LogP contribution in [0.4, 0.5) is 26.7 Å². The summed E-state index contributed by atoms with van der Waals surface area (Å²) in [6.45, 7) is 5.50. The first-order valence-corrected chi connectivity index (χ1v) is 17.2. The number of benzene rings is 1. The van der Waals surface area contributed by atoms with Crippen molar-refractivity contribution in [2.45, 2.75) is 109 Å². The van der Waals surface area contributed by atoms with Crippen molar-refractivity contribution in [2.24, 2.45) is 29.1 Å². The lowest BCUT2D eigenvalue weighted by molar-refractivity contribution is -0.284. The maximum Gasteiger partial charge on any atom is 0.453 e. The average molecular weight is 666 g/mol. The minimum atomic E-state index is -5.62. The molecule has 0 saturated heterocycles. The molecule has 4 rings (SSSR count). The highest BCUT2D eigenvalue weighted by Gasteiger charge is 2.57. The number of carbonyl (C=O) groups excluding carboxylic acids is 1. The van der Waals surface area contributed by atoms with Gasteiger partial charge in [0.25, 0.3) is 0 Å². The number of hydrogen-bond donors (Lipinski definition) is 3. The number of aliphatic hydroxyl groups excluding tert-OH is 1. The van der Waals surface area contributed by atoms with E-state index in [0.717, 1.165) is 36.8 Å². The Morgan fingerprint density at radius 3 is 2.44 bits per heavy atom. The third kappa shape index (κ3) is 7.82. The molecule has 1 aromatic carbocycles. The van der Waals surface area contributed by atoms with Crippen LogP contribution in [-0.2, 0) is 22.0 Å². The lowest BCUT2D eigenvalue weighted by atomic mass is 9.52. The Kier molecular flexibility index (Phi) is 10.9. The largest absolute Gasteiger partial charge is 0.480 e. The zero-order valence-corrected chi connectivity index (χ0v) is 26.7. The smallest absolute Gasteiger partial charge is 0.453 e. The molecule has 7 nitrogen and oxygen atoms in total. The summed E-state index contributed by atoms with van der Waals surface area (Å²) >= 11 is 0. The third-order valence-electron chi connectivity index (χ3n) is 10.5. The van der Waals surface area contributed by atoms with E-state index in [-0.39, 0.29) is 58.4 Å². The first kappa shape index (κ1) is 35.6. The van der Waals surface area contributed by atoms with E-state index in [9.17, 15) is 46.0 Å². The van der Waals surface area contributed by atoms with Crippen LogP contribution in [0.15, 0.2) is 18.2 Å². The van der Waals surface area contributed by atoms with Crippen LogP contribution in [0.3, 0.4) is 0 Å². The molecule has 0 spiro atoms. The molecule has 0 aliphatic heterocycles.